The number of primary amides is 1. The highest BCUT2D eigenvalue weighted by atomic mass is 16.5. The SMILES string of the molecule is COc1ccc(CNC(C)(C)C)c(OCC(C)C(N)=O)c1. The summed E-state index contributed by atoms with van der Waals surface area (Å²) in [6.07, 6.45) is 0. The number of ether oxygens (including phenoxy) is 2. The van der Waals surface area contributed by atoms with Gasteiger partial charge in [-0.15, -0.1) is 0 Å². The van der Waals surface area contributed by atoms with Crippen LogP contribution in [-0.4, -0.2) is 25.2 Å². The van der Waals surface area contributed by atoms with Gasteiger partial charge in [0, 0.05) is 23.7 Å². The third kappa shape index (κ3) is 6.04. The maximum atomic E-state index is 11.1. The van der Waals surface area contributed by atoms with E-state index in [1.165, 1.54) is 0 Å². The zero-order valence-electron chi connectivity index (χ0n) is 13.5. The van der Waals surface area contributed by atoms with Crippen LogP contribution in [0.25, 0.3) is 0 Å². The Balaban J connectivity index is 2.84. The number of rotatable bonds is 7. The first-order valence-corrected chi connectivity index (χ1v) is 7.07. The third-order valence-corrected chi connectivity index (χ3v) is 3.06. The molecule has 0 spiro atoms. The van der Waals surface area contributed by atoms with Crippen LogP contribution >= 0.6 is 0 Å². The van der Waals surface area contributed by atoms with Gasteiger partial charge in [0.05, 0.1) is 19.6 Å². The molecule has 0 aromatic heterocycles. The topological polar surface area (TPSA) is 73.6 Å². The van der Waals surface area contributed by atoms with Gasteiger partial charge in [0.2, 0.25) is 5.91 Å². The molecule has 1 rings (SSSR count). The molecule has 118 valence electrons. The molecule has 5 nitrogen and oxygen atoms in total. The largest absolute Gasteiger partial charge is 0.497 e. The maximum Gasteiger partial charge on any atom is 0.223 e. The third-order valence-electron chi connectivity index (χ3n) is 3.06. The molecule has 1 aromatic rings. The molecule has 1 aromatic carbocycles. The first kappa shape index (κ1) is 17.3. The highest BCUT2D eigenvalue weighted by Gasteiger charge is 2.14. The Morgan fingerprint density at radius 2 is 2.05 bits per heavy atom. The van der Waals surface area contributed by atoms with Crippen LogP contribution in [0, 0.1) is 5.92 Å². The molecule has 0 aliphatic rings. The van der Waals surface area contributed by atoms with Crippen molar-refractivity contribution in [3.8, 4) is 11.5 Å². The summed E-state index contributed by atoms with van der Waals surface area (Å²) in [7, 11) is 1.61. The molecular formula is C16H26N2O3. The predicted molar refractivity (Wildman–Crippen MR) is 83.4 cm³/mol. The lowest BCUT2D eigenvalue weighted by Gasteiger charge is -2.22. The van der Waals surface area contributed by atoms with Crippen molar-refractivity contribution in [2.24, 2.45) is 11.7 Å². The Morgan fingerprint density at radius 3 is 2.57 bits per heavy atom. The number of hydrogen-bond donors (Lipinski definition) is 2. The van der Waals surface area contributed by atoms with Crippen LogP contribution in [0.3, 0.4) is 0 Å². The van der Waals surface area contributed by atoms with E-state index in [1.54, 1.807) is 14.0 Å². The predicted octanol–water partition coefficient (Wildman–Crippen LogP) is 2.08. The van der Waals surface area contributed by atoms with Crippen molar-refractivity contribution in [1.29, 1.82) is 0 Å². The molecule has 1 amide bonds. The minimum absolute atomic E-state index is 0.0116. The summed E-state index contributed by atoms with van der Waals surface area (Å²) in [5.74, 6) is 0.724. The van der Waals surface area contributed by atoms with Gasteiger partial charge < -0.3 is 20.5 Å². The number of methoxy groups -OCH3 is 1. The molecule has 0 saturated heterocycles. The lowest BCUT2D eigenvalue weighted by Crippen LogP contribution is -2.35. The summed E-state index contributed by atoms with van der Waals surface area (Å²) in [6.45, 7) is 8.99. The zero-order valence-corrected chi connectivity index (χ0v) is 13.5. The summed E-state index contributed by atoms with van der Waals surface area (Å²) in [5.41, 5.74) is 6.28. The number of hydrogen-bond acceptors (Lipinski definition) is 4. The lowest BCUT2D eigenvalue weighted by atomic mass is 10.1. The van der Waals surface area contributed by atoms with E-state index in [4.69, 9.17) is 15.2 Å². The summed E-state index contributed by atoms with van der Waals surface area (Å²) >= 11 is 0. The minimum Gasteiger partial charge on any atom is -0.497 e. The van der Waals surface area contributed by atoms with E-state index in [2.05, 4.69) is 26.1 Å². The van der Waals surface area contributed by atoms with E-state index >= 15 is 0 Å². The number of amides is 1. The van der Waals surface area contributed by atoms with Crippen LogP contribution in [0.4, 0.5) is 0 Å². The Bertz CT molecular complexity index is 481. The van der Waals surface area contributed by atoms with Gasteiger partial charge in [0.15, 0.2) is 0 Å². The molecule has 5 heteroatoms. The molecule has 0 bridgehead atoms. The average Bonchev–Trinajstić information content (AvgIpc) is 2.41. The summed E-state index contributed by atoms with van der Waals surface area (Å²) < 4.78 is 11.0. The van der Waals surface area contributed by atoms with Gasteiger partial charge in [-0.2, -0.15) is 0 Å². The molecule has 1 unspecified atom stereocenters. The Labute approximate surface area is 126 Å². The van der Waals surface area contributed by atoms with Crippen molar-refractivity contribution >= 4 is 5.91 Å². The van der Waals surface area contributed by atoms with Gasteiger partial charge in [0.1, 0.15) is 11.5 Å². The monoisotopic (exact) mass is 294 g/mol. The van der Waals surface area contributed by atoms with E-state index in [-0.39, 0.29) is 24.0 Å². The Hall–Kier alpha value is -1.75. The van der Waals surface area contributed by atoms with Gasteiger partial charge in [-0.05, 0) is 26.8 Å². The number of benzene rings is 1. The first-order valence-electron chi connectivity index (χ1n) is 7.07. The smallest absolute Gasteiger partial charge is 0.223 e. The van der Waals surface area contributed by atoms with Gasteiger partial charge in [-0.25, -0.2) is 0 Å². The Kier molecular flexibility index (Phi) is 6.03. The van der Waals surface area contributed by atoms with Crippen molar-refractivity contribution in [3.05, 3.63) is 23.8 Å². The van der Waals surface area contributed by atoms with Crippen LogP contribution in [0.2, 0.25) is 0 Å². The van der Waals surface area contributed by atoms with Crippen LogP contribution in [0.1, 0.15) is 33.3 Å². The van der Waals surface area contributed by atoms with Crippen molar-refractivity contribution in [1.82, 2.24) is 5.32 Å². The second-order valence-corrected chi connectivity index (χ2v) is 6.19. The molecule has 0 saturated carbocycles. The summed E-state index contributed by atoms with van der Waals surface area (Å²) in [4.78, 5) is 11.1. The number of carbonyl (C=O) groups excluding carboxylic acids is 1. The molecule has 21 heavy (non-hydrogen) atoms. The van der Waals surface area contributed by atoms with Crippen molar-refractivity contribution < 1.29 is 14.3 Å². The molecule has 0 heterocycles. The van der Waals surface area contributed by atoms with Crippen molar-refractivity contribution in [3.63, 3.8) is 0 Å². The van der Waals surface area contributed by atoms with E-state index in [9.17, 15) is 4.79 Å². The van der Waals surface area contributed by atoms with Gasteiger partial charge in [0.25, 0.3) is 0 Å². The fraction of sp³-hybridized carbons (Fsp3) is 0.562. The molecule has 0 fully saturated rings. The summed E-state index contributed by atoms with van der Waals surface area (Å²) in [6, 6.07) is 5.68. The second kappa shape index (κ2) is 7.31. The van der Waals surface area contributed by atoms with Gasteiger partial charge in [-0.3, -0.25) is 4.79 Å². The Morgan fingerprint density at radius 1 is 1.38 bits per heavy atom. The number of nitrogens with two attached hydrogens (primary N) is 1. The highest BCUT2D eigenvalue weighted by Crippen LogP contribution is 2.25. The average molecular weight is 294 g/mol. The second-order valence-electron chi connectivity index (χ2n) is 6.19. The van der Waals surface area contributed by atoms with Crippen LogP contribution in [-0.2, 0) is 11.3 Å². The zero-order chi connectivity index (χ0) is 16.0. The number of nitrogens with one attached hydrogen (secondary N) is 1. The normalized spacial score (nSPS) is 12.8. The quantitative estimate of drug-likeness (QED) is 0.807. The van der Waals surface area contributed by atoms with Crippen molar-refractivity contribution in [2.75, 3.05) is 13.7 Å². The van der Waals surface area contributed by atoms with Crippen molar-refractivity contribution in [2.45, 2.75) is 39.8 Å². The van der Waals surface area contributed by atoms with E-state index in [0.717, 1.165) is 11.3 Å². The standard InChI is InChI=1S/C16H26N2O3/c1-11(15(17)19)10-21-14-8-13(20-5)7-6-12(14)9-18-16(2,3)4/h6-8,11,18H,9-10H2,1-5H3,(H2,17,19). The molecule has 3 N–H and O–H groups in total. The first-order chi connectivity index (χ1) is 9.73. The van der Waals surface area contributed by atoms with E-state index in [1.807, 2.05) is 18.2 Å². The van der Waals surface area contributed by atoms with E-state index < -0.39 is 0 Å². The fourth-order valence-electron chi connectivity index (χ4n) is 1.60. The van der Waals surface area contributed by atoms with E-state index in [0.29, 0.717) is 12.3 Å². The molecule has 1 atom stereocenters. The molecule has 0 radical (unpaired) electrons. The minimum atomic E-state index is -0.368. The van der Waals surface area contributed by atoms with Gasteiger partial charge in [-0.1, -0.05) is 13.0 Å². The molecule has 0 aliphatic carbocycles. The maximum absolute atomic E-state index is 11.1. The highest BCUT2D eigenvalue weighted by molar-refractivity contribution is 5.76. The van der Waals surface area contributed by atoms with Crippen LogP contribution in [0.15, 0.2) is 18.2 Å². The lowest BCUT2D eigenvalue weighted by molar-refractivity contribution is -0.122. The fourth-order valence-corrected chi connectivity index (χ4v) is 1.60. The van der Waals surface area contributed by atoms with Crippen LogP contribution < -0.4 is 20.5 Å². The molecular weight excluding hydrogens is 268 g/mol. The summed E-state index contributed by atoms with van der Waals surface area (Å²) in [5, 5.41) is 3.41. The number of carbonyl (C=O) groups is 1. The van der Waals surface area contributed by atoms with Crippen LogP contribution in [0.5, 0.6) is 11.5 Å². The van der Waals surface area contributed by atoms with Gasteiger partial charge >= 0.3 is 0 Å². The molecule has 0 aliphatic heterocycles.